The fourth-order valence-corrected chi connectivity index (χ4v) is 1.50. The van der Waals surface area contributed by atoms with E-state index in [0.29, 0.717) is 0 Å². The van der Waals surface area contributed by atoms with Crippen LogP contribution in [0.4, 0.5) is 4.79 Å². The summed E-state index contributed by atoms with van der Waals surface area (Å²) in [7, 11) is 0. The van der Waals surface area contributed by atoms with E-state index >= 15 is 0 Å². The number of rotatable bonds is 2. The molecule has 0 spiro atoms. The third kappa shape index (κ3) is 3.01. The first kappa shape index (κ1) is 14.5. The van der Waals surface area contributed by atoms with Crippen LogP contribution in [0.2, 0.25) is 0 Å². The van der Waals surface area contributed by atoms with Crippen molar-refractivity contribution in [2.45, 2.75) is 45.4 Å². The Hall–Kier alpha value is -1.56. The number of aliphatic hydroxyl groups is 1. The standard InChI is InChI=1S/C12H19NO5/c1-5-17-9(14)12(16)7-6-8-13(12)10(15)18-11(2,3)4/h6,8,16H,5,7H2,1-4H3/t12-/m1/s1. The van der Waals surface area contributed by atoms with Gasteiger partial charge < -0.3 is 14.6 Å². The molecule has 0 unspecified atom stereocenters. The highest BCUT2D eigenvalue weighted by molar-refractivity contribution is 5.85. The lowest BCUT2D eigenvalue weighted by atomic mass is 10.1. The Kier molecular flexibility index (Phi) is 4.01. The van der Waals surface area contributed by atoms with Gasteiger partial charge in [-0.2, -0.15) is 0 Å². The second kappa shape index (κ2) is 4.97. The number of hydrogen-bond donors (Lipinski definition) is 1. The SMILES string of the molecule is CCOC(=O)[C@]1(O)CC=CN1C(=O)OC(C)(C)C. The van der Waals surface area contributed by atoms with E-state index in [2.05, 4.69) is 0 Å². The van der Waals surface area contributed by atoms with Crippen LogP contribution in [-0.4, -0.2) is 40.0 Å². The molecule has 0 aromatic carbocycles. The fraction of sp³-hybridized carbons (Fsp3) is 0.667. The molecule has 0 bridgehead atoms. The molecule has 1 rings (SSSR count). The Labute approximate surface area is 106 Å². The molecule has 1 aliphatic heterocycles. The number of nitrogens with zero attached hydrogens (tertiary/aromatic N) is 1. The highest BCUT2D eigenvalue weighted by atomic mass is 16.6. The third-order valence-electron chi connectivity index (χ3n) is 2.25. The quantitative estimate of drug-likeness (QED) is 0.756. The van der Waals surface area contributed by atoms with Crippen molar-refractivity contribution in [3.05, 3.63) is 12.3 Å². The Morgan fingerprint density at radius 2 is 2.06 bits per heavy atom. The predicted octanol–water partition coefficient (Wildman–Crippen LogP) is 1.39. The largest absolute Gasteiger partial charge is 0.462 e. The molecule has 1 amide bonds. The minimum atomic E-state index is -2.00. The van der Waals surface area contributed by atoms with E-state index in [1.54, 1.807) is 27.7 Å². The Bertz CT molecular complexity index is 371. The summed E-state index contributed by atoms with van der Waals surface area (Å²) in [6.45, 7) is 6.86. The van der Waals surface area contributed by atoms with Crippen LogP contribution in [-0.2, 0) is 14.3 Å². The van der Waals surface area contributed by atoms with Gasteiger partial charge in [-0.1, -0.05) is 6.08 Å². The van der Waals surface area contributed by atoms with Crippen molar-refractivity contribution in [1.82, 2.24) is 4.90 Å². The van der Waals surface area contributed by atoms with Crippen LogP contribution in [0.3, 0.4) is 0 Å². The van der Waals surface area contributed by atoms with Crippen LogP contribution in [0, 0.1) is 0 Å². The maximum absolute atomic E-state index is 11.9. The molecule has 0 saturated heterocycles. The molecule has 0 aliphatic carbocycles. The maximum atomic E-state index is 11.9. The van der Waals surface area contributed by atoms with Gasteiger partial charge in [0.1, 0.15) is 5.60 Å². The predicted molar refractivity (Wildman–Crippen MR) is 63.4 cm³/mol. The topological polar surface area (TPSA) is 76.1 Å². The summed E-state index contributed by atoms with van der Waals surface area (Å²) in [5.74, 6) is -0.860. The number of hydrogen-bond acceptors (Lipinski definition) is 5. The summed E-state index contributed by atoms with van der Waals surface area (Å²) in [6.07, 6.45) is 2.04. The molecule has 1 heterocycles. The number of esters is 1. The molecule has 6 nitrogen and oxygen atoms in total. The van der Waals surface area contributed by atoms with Gasteiger partial charge in [0.2, 0.25) is 0 Å². The van der Waals surface area contributed by atoms with Crippen LogP contribution >= 0.6 is 0 Å². The lowest BCUT2D eigenvalue weighted by Crippen LogP contribution is -2.54. The summed E-state index contributed by atoms with van der Waals surface area (Å²) < 4.78 is 9.87. The highest BCUT2D eigenvalue weighted by Crippen LogP contribution is 2.28. The zero-order chi connectivity index (χ0) is 14.0. The van der Waals surface area contributed by atoms with Gasteiger partial charge in [0.15, 0.2) is 0 Å². The van der Waals surface area contributed by atoms with Crippen molar-refractivity contribution in [2.24, 2.45) is 0 Å². The average molecular weight is 257 g/mol. The van der Waals surface area contributed by atoms with Crippen molar-refractivity contribution in [3.8, 4) is 0 Å². The first-order valence-corrected chi connectivity index (χ1v) is 5.79. The number of ether oxygens (including phenoxy) is 2. The summed E-state index contributed by atoms with van der Waals surface area (Å²) >= 11 is 0. The highest BCUT2D eigenvalue weighted by Gasteiger charge is 2.48. The monoisotopic (exact) mass is 257 g/mol. The van der Waals surface area contributed by atoms with Crippen molar-refractivity contribution in [3.63, 3.8) is 0 Å². The van der Waals surface area contributed by atoms with Crippen LogP contribution in [0.15, 0.2) is 12.3 Å². The molecule has 102 valence electrons. The van der Waals surface area contributed by atoms with Gasteiger partial charge in [0, 0.05) is 12.6 Å². The zero-order valence-electron chi connectivity index (χ0n) is 11.1. The third-order valence-corrected chi connectivity index (χ3v) is 2.25. The minimum absolute atomic E-state index is 0.00885. The van der Waals surface area contributed by atoms with Gasteiger partial charge in [-0.25, -0.2) is 14.5 Å². The van der Waals surface area contributed by atoms with Crippen LogP contribution in [0.5, 0.6) is 0 Å². The summed E-state index contributed by atoms with van der Waals surface area (Å²) in [6, 6.07) is 0. The smallest absolute Gasteiger partial charge is 0.417 e. The van der Waals surface area contributed by atoms with Crippen molar-refractivity contribution in [1.29, 1.82) is 0 Å². The zero-order valence-corrected chi connectivity index (χ0v) is 11.1. The van der Waals surface area contributed by atoms with E-state index in [1.165, 1.54) is 12.3 Å². The van der Waals surface area contributed by atoms with Gasteiger partial charge in [0.25, 0.3) is 5.72 Å². The van der Waals surface area contributed by atoms with E-state index < -0.39 is 23.4 Å². The molecular weight excluding hydrogens is 238 g/mol. The molecule has 0 aromatic rings. The van der Waals surface area contributed by atoms with Gasteiger partial charge in [-0.3, -0.25) is 0 Å². The van der Waals surface area contributed by atoms with Crippen LogP contribution < -0.4 is 0 Å². The molecule has 6 heteroatoms. The van der Waals surface area contributed by atoms with E-state index in [0.717, 1.165) is 4.90 Å². The van der Waals surface area contributed by atoms with E-state index in [1.807, 2.05) is 0 Å². The van der Waals surface area contributed by atoms with Crippen LogP contribution in [0.1, 0.15) is 34.1 Å². The van der Waals surface area contributed by atoms with Crippen molar-refractivity contribution in [2.75, 3.05) is 6.61 Å². The minimum Gasteiger partial charge on any atom is -0.462 e. The Balaban J connectivity index is 2.84. The number of carbonyl (C=O) groups is 2. The molecule has 0 saturated carbocycles. The normalized spacial score (nSPS) is 23.1. The summed E-state index contributed by atoms with van der Waals surface area (Å²) in [4.78, 5) is 24.4. The van der Waals surface area contributed by atoms with Gasteiger partial charge in [-0.15, -0.1) is 0 Å². The molecule has 0 aromatic heterocycles. The molecule has 1 atom stereocenters. The second-order valence-corrected chi connectivity index (χ2v) is 4.98. The molecule has 0 radical (unpaired) electrons. The lowest BCUT2D eigenvalue weighted by Gasteiger charge is -2.32. The fourth-order valence-electron chi connectivity index (χ4n) is 1.50. The second-order valence-electron chi connectivity index (χ2n) is 4.98. The first-order chi connectivity index (χ1) is 8.20. The summed E-state index contributed by atoms with van der Waals surface area (Å²) in [5.41, 5.74) is -2.71. The van der Waals surface area contributed by atoms with Crippen LogP contribution in [0.25, 0.3) is 0 Å². The first-order valence-electron chi connectivity index (χ1n) is 5.79. The van der Waals surface area contributed by atoms with Gasteiger partial charge in [-0.05, 0) is 27.7 Å². The molecular formula is C12H19NO5. The molecule has 18 heavy (non-hydrogen) atoms. The average Bonchev–Trinajstić information content (AvgIpc) is 2.59. The number of amides is 1. The van der Waals surface area contributed by atoms with E-state index in [9.17, 15) is 14.7 Å². The van der Waals surface area contributed by atoms with Crippen molar-refractivity contribution < 1.29 is 24.2 Å². The summed E-state index contributed by atoms with van der Waals surface area (Å²) in [5, 5.41) is 10.2. The molecule has 0 fully saturated rings. The molecule has 1 aliphatic rings. The Morgan fingerprint density at radius 1 is 1.44 bits per heavy atom. The molecule has 1 N–H and O–H groups in total. The lowest BCUT2D eigenvalue weighted by molar-refractivity contribution is -0.178. The maximum Gasteiger partial charge on any atom is 0.417 e. The van der Waals surface area contributed by atoms with E-state index in [-0.39, 0.29) is 13.0 Å². The van der Waals surface area contributed by atoms with Gasteiger partial charge >= 0.3 is 12.1 Å². The van der Waals surface area contributed by atoms with E-state index in [4.69, 9.17) is 9.47 Å². The van der Waals surface area contributed by atoms with Gasteiger partial charge in [0.05, 0.1) is 6.61 Å². The Morgan fingerprint density at radius 3 is 2.56 bits per heavy atom. The van der Waals surface area contributed by atoms with Crippen molar-refractivity contribution >= 4 is 12.1 Å². The number of carbonyl (C=O) groups excluding carboxylic acids is 2.